The van der Waals surface area contributed by atoms with Gasteiger partial charge in [-0.15, -0.1) is 0 Å². The lowest BCUT2D eigenvalue weighted by atomic mass is 9.90. The third kappa shape index (κ3) is 2.67. The van der Waals surface area contributed by atoms with Crippen LogP contribution >= 0.6 is 0 Å². The number of carbonyl (C=O) groups is 1. The van der Waals surface area contributed by atoms with Crippen molar-refractivity contribution in [2.24, 2.45) is 5.92 Å². The lowest BCUT2D eigenvalue weighted by molar-refractivity contribution is 0.0740. The first-order valence-electron chi connectivity index (χ1n) is 6.92. The molecule has 1 aliphatic rings. The molecule has 1 aliphatic heterocycles. The lowest BCUT2D eigenvalue weighted by Gasteiger charge is -2.15. The van der Waals surface area contributed by atoms with E-state index in [2.05, 4.69) is 10.1 Å². The fourth-order valence-electron chi connectivity index (χ4n) is 2.83. The molecule has 0 aromatic carbocycles. The van der Waals surface area contributed by atoms with Gasteiger partial charge in [-0.3, -0.25) is 9.78 Å². The Bertz CT molecular complexity index is 626. The Balaban J connectivity index is 1.79. The van der Waals surface area contributed by atoms with E-state index >= 15 is 0 Å². The van der Waals surface area contributed by atoms with E-state index in [1.165, 1.54) is 0 Å². The number of pyridine rings is 1. The van der Waals surface area contributed by atoms with Gasteiger partial charge in [0.1, 0.15) is 0 Å². The van der Waals surface area contributed by atoms with Gasteiger partial charge in [-0.1, -0.05) is 5.16 Å². The maximum atomic E-state index is 12.4. The number of nitrogens with zero attached hydrogens (tertiary/aromatic N) is 3. The monoisotopic (exact) mass is 287 g/mol. The van der Waals surface area contributed by atoms with Gasteiger partial charge in [-0.2, -0.15) is 0 Å². The molecule has 0 radical (unpaired) electrons. The molecule has 1 N–H and O–H groups in total. The highest BCUT2D eigenvalue weighted by Crippen LogP contribution is 2.32. The van der Waals surface area contributed by atoms with Crippen LogP contribution in [0, 0.1) is 12.8 Å². The van der Waals surface area contributed by atoms with E-state index in [9.17, 15) is 9.90 Å². The highest BCUT2D eigenvalue weighted by Gasteiger charge is 2.37. The summed E-state index contributed by atoms with van der Waals surface area (Å²) >= 11 is 0. The molecule has 21 heavy (non-hydrogen) atoms. The largest absolute Gasteiger partial charge is 0.396 e. The number of aromatic nitrogens is 2. The van der Waals surface area contributed by atoms with Crippen molar-refractivity contribution in [3.05, 3.63) is 47.6 Å². The first-order chi connectivity index (χ1) is 10.2. The molecule has 110 valence electrons. The zero-order valence-corrected chi connectivity index (χ0v) is 11.8. The van der Waals surface area contributed by atoms with Gasteiger partial charge < -0.3 is 14.5 Å². The van der Waals surface area contributed by atoms with Crippen molar-refractivity contribution in [1.82, 2.24) is 15.0 Å². The molecule has 0 unspecified atom stereocenters. The third-order valence-electron chi connectivity index (χ3n) is 3.94. The van der Waals surface area contributed by atoms with Crippen molar-refractivity contribution in [1.29, 1.82) is 0 Å². The van der Waals surface area contributed by atoms with Crippen molar-refractivity contribution >= 4 is 5.91 Å². The molecule has 2 aromatic heterocycles. The lowest BCUT2D eigenvalue weighted by Crippen LogP contribution is -2.28. The number of carbonyl (C=O) groups excluding carboxylic acids is 1. The van der Waals surface area contributed by atoms with E-state index in [1.807, 2.05) is 12.1 Å². The highest BCUT2D eigenvalue weighted by atomic mass is 16.5. The topological polar surface area (TPSA) is 79.5 Å². The number of hydrogen-bond acceptors (Lipinski definition) is 5. The second kappa shape index (κ2) is 5.65. The molecular weight excluding hydrogens is 270 g/mol. The molecule has 1 fully saturated rings. The summed E-state index contributed by atoms with van der Waals surface area (Å²) in [6.45, 7) is 2.91. The van der Waals surface area contributed by atoms with Gasteiger partial charge in [0, 0.05) is 50.0 Å². The van der Waals surface area contributed by atoms with E-state index in [-0.39, 0.29) is 30.1 Å². The Labute approximate surface area is 122 Å². The smallest absolute Gasteiger partial charge is 0.292 e. The second-order valence-corrected chi connectivity index (χ2v) is 5.37. The average molecular weight is 287 g/mol. The molecule has 2 atom stereocenters. The summed E-state index contributed by atoms with van der Waals surface area (Å²) in [4.78, 5) is 18.1. The van der Waals surface area contributed by atoms with Crippen LogP contribution in [0.3, 0.4) is 0 Å². The minimum Gasteiger partial charge on any atom is -0.396 e. The molecule has 2 aromatic rings. The molecule has 3 heterocycles. The number of aryl methyl sites for hydroxylation is 1. The van der Waals surface area contributed by atoms with Crippen molar-refractivity contribution in [2.45, 2.75) is 12.8 Å². The van der Waals surface area contributed by atoms with Crippen molar-refractivity contribution < 1.29 is 14.4 Å². The molecule has 6 heteroatoms. The Morgan fingerprint density at radius 1 is 1.43 bits per heavy atom. The van der Waals surface area contributed by atoms with Crippen LogP contribution in [0.4, 0.5) is 0 Å². The van der Waals surface area contributed by atoms with Gasteiger partial charge in [0.25, 0.3) is 5.91 Å². The highest BCUT2D eigenvalue weighted by molar-refractivity contribution is 5.91. The maximum Gasteiger partial charge on any atom is 0.292 e. The summed E-state index contributed by atoms with van der Waals surface area (Å²) in [6, 6.07) is 5.50. The zero-order chi connectivity index (χ0) is 14.8. The van der Waals surface area contributed by atoms with Crippen LogP contribution < -0.4 is 0 Å². The van der Waals surface area contributed by atoms with Crippen LogP contribution in [0.25, 0.3) is 0 Å². The van der Waals surface area contributed by atoms with E-state index < -0.39 is 0 Å². The van der Waals surface area contributed by atoms with E-state index in [0.29, 0.717) is 18.8 Å². The molecule has 1 saturated heterocycles. The van der Waals surface area contributed by atoms with Crippen LogP contribution in [0.5, 0.6) is 0 Å². The maximum absolute atomic E-state index is 12.4. The summed E-state index contributed by atoms with van der Waals surface area (Å²) in [7, 11) is 0. The predicted molar refractivity (Wildman–Crippen MR) is 74.7 cm³/mol. The normalized spacial score (nSPS) is 21.7. The third-order valence-corrected chi connectivity index (χ3v) is 3.94. The van der Waals surface area contributed by atoms with Gasteiger partial charge in [0.15, 0.2) is 0 Å². The molecule has 1 amide bonds. The van der Waals surface area contributed by atoms with E-state index in [4.69, 9.17) is 4.52 Å². The van der Waals surface area contributed by atoms with Crippen LogP contribution in [0.2, 0.25) is 0 Å². The van der Waals surface area contributed by atoms with Crippen LogP contribution in [0.1, 0.15) is 27.7 Å². The number of aliphatic hydroxyl groups excluding tert-OH is 1. The Kier molecular flexibility index (Phi) is 3.70. The van der Waals surface area contributed by atoms with Crippen LogP contribution in [-0.4, -0.2) is 45.8 Å². The molecular formula is C15H17N3O3. The number of rotatable bonds is 3. The standard InChI is InChI=1S/C15H17N3O3/c1-10-6-14(21-17-10)15(20)18-7-12(9-19)13(8-18)11-2-4-16-5-3-11/h2-6,12-13,19H,7-9H2,1H3/t12-,13-/m0/s1. The Hall–Kier alpha value is -2.21. The van der Waals surface area contributed by atoms with Gasteiger partial charge in [0.2, 0.25) is 5.76 Å². The summed E-state index contributed by atoms with van der Waals surface area (Å²) in [5.74, 6) is 0.219. The van der Waals surface area contributed by atoms with Gasteiger partial charge >= 0.3 is 0 Å². The summed E-state index contributed by atoms with van der Waals surface area (Å²) in [6.07, 6.45) is 3.46. The van der Waals surface area contributed by atoms with Crippen LogP contribution in [-0.2, 0) is 0 Å². The van der Waals surface area contributed by atoms with Gasteiger partial charge in [0.05, 0.1) is 5.69 Å². The van der Waals surface area contributed by atoms with Crippen molar-refractivity contribution in [2.75, 3.05) is 19.7 Å². The molecule has 0 spiro atoms. The van der Waals surface area contributed by atoms with E-state index in [1.54, 1.807) is 30.3 Å². The minimum absolute atomic E-state index is 0.0281. The minimum atomic E-state index is -0.175. The van der Waals surface area contributed by atoms with Gasteiger partial charge in [-0.25, -0.2) is 0 Å². The fraction of sp³-hybridized carbons (Fsp3) is 0.400. The zero-order valence-electron chi connectivity index (χ0n) is 11.8. The number of aliphatic hydroxyl groups is 1. The Morgan fingerprint density at radius 3 is 2.81 bits per heavy atom. The number of amides is 1. The molecule has 0 saturated carbocycles. The second-order valence-electron chi connectivity index (χ2n) is 5.37. The first-order valence-corrected chi connectivity index (χ1v) is 6.92. The van der Waals surface area contributed by atoms with Crippen molar-refractivity contribution in [3.63, 3.8) is 0 Å². The Morgan fingerprint density at radius 2 is 2.19 bits per heavy atom. The number of hydrogen-bond donors (Lipinski definition) is 1. The van der Waals surface area contributed by atoms with Crippen LogP contribution in [0.15, 0.2) is 35.1 Å². The summed E-state index contributed by atoms with van der Waals surface area (Å²) < 4.78 is 5.03. The molecule has 3 rings (SSSR count). The quantitative estimate of drug-likeness (QED) is 0.918. The SMILES string of the molecule is Cc1cc(C(=O)N2C[C@@H](CO)[C@H](c3ccncc3)C2)on1. The van der Waals surface area contributed by atoms with Crippen molar-refractivity contribution in [3.8, 4) is 0 Å². The molecule has 6 nitrogen and oxygen atoms in total. The molecule has 0 bridgehead atoms. The first kappa shape index (κ1) is 13.8. The van der Waals surface area contributed by atoms with Gasteiger partial charge in [-0.05, 0) is 24.6 Å². The fourth-order valence-corrected chi connectivity index (χ4v) is 2.83. The summed E-state index contributed by atoms with van der Waals surface area (Å²) in [5, 5.41) is 13.3. The van der Waals surface area contributed by atoms with E-state index in [0.717, 1.165) is 5.56 Å². The average Bonchev–Trinajstić information content (AvgIpc) is 3.13. The number of likely N-dealkylation sites (tertiary alicyclic amines) is 1. The summed E-state index contributed by atoms with van der Waals surface area (Å²) in [5.41, 5.74) is 1.77. The molecule has 0 aliphatic carbocycles. The predicted octanol–water partition coefficient (Wildman–Crippen LogP) is 1.23.